The number of hydrogen-bond acceptors (Lipinski definition) is 4. The van der Waals surface area contributed by atoms with E-state index in [1.807, 2.05) is 37.3 Å². The Bertz CT molecular complexity index is 869. The molecule has 1 N–H and O–H groups in total. The van der Waals surface area contributed by atoms with Gasteiger partial charge >= 0.3 is 0 Å². The van der Waals surface area contributed by atoms with Gasteiger partial charge in [0.2, 0.25) is 15.9 Å². The van der Waals surface area contributed by atoms with Gasteiger partial charge in [0, 0.05) is 6.07 Å². The molecule has 2 rings (SSSR count). The molecule has 0 aliphatic rings. The molecule has 0 saturated heterocycles. The van der Waals surface area contributed by atoms with Crippen molar-refractivity contribution in [1.29, 1.82) is 0 Å². The van der Waals surface area contributed by atoms with Gasteiger partial charge in [0.25, 0.3) is 0 Å². The third-order valence-corrected chi connectivity index (χ3v) is 5.48. The lowest BCUT2D eigenvalue weighted by molar-refractivity contribution is -0.122. The first-order valence-electron chi connectivity index (χ1n) is 8.76. The molecule has 0 aliphatic heterocycles. The van der Waals surface area contributed by atoms with Crippen LogP contribution in [0.3, 0.4) is 0 Å². The maximum absolute atomic E-state index is 12.9. The molecule has 0 aliphatic carbocycles. The van der Waals surface area contributed by atoms with E-state index in [1.54, 1.807) is 31.2 Å². The maximum atomic E-state index is 12.9. The molecule has 0 heterocycles. The Balaban J connectivity index is 2.33. The Hall–Kier alpha value is -2.54. The van der Waals surface area contributed by atoms with Crippen molar-refractivity contribution in [3.8, 4) is 5.75 Å². The predicted octanol–water partition coefficient (Wildman–Crippen LogP) is 3.12. The number of hydrogen-bond donors (Lipinski definition) is 1. The van der Waals surface area contributed by atoms with Gasteiger partial charge in [-0.05, 0) is 31.0 Å². The molecular weight excluding hydrogens is 364 g/mol. The van der Waals surface area contributed by atoms with E-state index >= 15 is 0 Å². The second kappa shape index (κ2) is 8.90. The van der Waals surface area contributed by atoms with Crippen LogP contribution in [-0.4, -0.2) is 33.7 Å². The summed E-state index contributed by atoms with van der Waals surface area (Å²) < 4.78 is 31.3. The van der Waals surface area contributed by atoms with E-state index < -0.39 is 16.1 Å². The zero-order valence-corrected chi connectivity index (χ0v) is 16.9. The van der Waals surface area contributed by atoms with Gasteiger partial charge in [0.15, 0.2) is 0 Å². The topological polar surface area (TPSA) is 75.7 Å². The van der Waals surface area contributed by atoms with Gasteiger partial charge in [-0.1, -0.05) is 43.3 Å². The minimum Gasteiger partial charge on any atom is -0.497 e. The highest BCUT2D eigenvalue weighted by Crippen LogP contribution is 2.26. The van der Waals surface area contributed by atoms with Crippen LogP contribution in [0.5, 0.6) is 5.75 Å². The van der Waals surface area contributed by atoms with Crippen molar-refractivity contribution < 1.29 is 17.9 Å². The summed E-state index contributed by atoms with van der Waals surface area (Å²) in [7, 11) is -2.17. The molecule has 2 aromatic carbocycles. The molecule has 0 bridgehead atoms. The highest BCUT2D eigenvalue weighted by Gasteiger charge is 2.32. The number of carbonyl (C=O) groups excluding carboxylic acids is 1. The number of methoxy groups -OCH3 is 1. The van der Waals surface area contributed by atoms with Crippen LogP contribution < -0.4 is 14.4 Å². The SMILES string of the molecule is CC[C@H](C(=O)N[C@H](C)c1ccccc1)N(c1cccc(OC)c1)S(C)(=O)=O. The second-order valence-electron chi connectivity index (χ2n) is 6.33. The minimum atomic E-state index is -3.68. The number of benzene rings is 2. The normalized spacial score (nSPS) is 13.5. The van der Waals surface area contributed by atoms with Crippen LogP contribution in [0.4, 0.5) is 5.69 Å². The van der Waals surface area contributed by atoms with Gasteiger partial charge in [-0.3, -0.25) is 9.10 Å². The molecule has 7 heteroatoms. The maximum Gasteiger partial charge on any atom is 0.244 e. The number of ether oxygens (including phenoxy) is 1. The Morgan fingerprint density at radius 1 is 1.15 bits per heavy atom. The summed E-state index contributed by atoms with van der Waals surface area (Å²) in [5, 5.41) is 2.92. The number of nitrogens with one attached hydrogen (secondary N) is 1. The molecule has 1 amide bonds. The third kappa shape index (κ3) is 5.23. The third-order valence-electron chi connectivity index (χ3n) is 4.30. The van der Waals surface area contributed by atoms with Crippen LogP contribution in [0.25, 0.3) is 0 Å². The van der Waals surface area contributed by atoms with Gasteiger partial charge in [-0.25, -0.2) is 8.42 Å². The van der Waals surface area contributed by atoms with Crippen LogP contribution in [-0.2, 0) is 14.8 Å². The summed E-state index contributed by atoms with van der Waals surface area (Å²) in [6.45, 7) is 3.66. The Labute approximate surface area is 161 Å². The summed E-state index contributed by atoms with van der Waals surface area (Å²) in [5.74, 6) is 0.177. The Morgan fingerprint density at radius 3 is 2.37 bits per heavy atom. The molecule has 146 valence electrons. The van der Waals surface area contributed by atoms with Gasteiger partial charge in [-0.15, -0.1) is 0 Å². The molecule has 0 radical (unpaired) electrons. The lowest BCUT2D eigenvalue weighted by atomic mass is 10.1. The van der Waals surface area contributed by atoms with Crippen molar-refractivity contribution in [3.63, 3.8) is 0 Å². The lowest BCUT2D eigenvalue weighted by Gasteiger charge is -2.31. The minimum absolute atomic E-state index is 0.237. The number of sulfonamides is 1. The quantitative estimate of drug-likeness (QED) is 0.751. The first-order chi connectivity index (χ1) is 12.8. The molecule has 6 nitrogen and oxygen atoms in total. The fourth-order valence-corrected chi connectivity index (χ4v) is 4.15. The summed E-state index contributed by atoms with van der Waals surface area (Å²) in [5.41, 5.74) is 1.35. The van der Waals surface area contributed by atoms with Gasteiger partial charge in [0.1, 0.15) is 11.8 Å². The summed E-state index contributed by atoms with van der Waals surface area (Å²) in [6, 6.07) is 15.1. The zero-order valence-electron chi connectivity index (χ0n) is 16.0. The van der Waals surface area contributed by atoms with Crippen molar-refractivity contribution in [2.45, 2.75) is 32.4 Å². The van der Waals surface area contributed by atoms with E-state index in [0.29, 0.717) is 17.9 Å². The summed E-state index contributed by atoms with van der Waals surface area (Å²) >= 11 is 0. The fourth-order valence-electron chi connectivity index (χ4n) is 2.94. The highest BCUT2D eigenvalue weighted by molar-refractivity contribution is 7.92. The van der Waals surface area contributed by atoms with Gasteiger partial charge in [-0.2, -0.15) is 0 Å². The van der Waals surface area contributed by atoms with Crippen molar-refractivity contribution in [1.82, 2.24) is 5.32 Å². The van der Waals surface area contributed by atoms with Gasteiger partial charge < -0.3 is 10.1 Å². The van der Waals surface area contributed by atoms with Gasteiger partial charge in [0.05, 0.1) is 25.1 Å². The number of amides is 1. The summed E-state index contributed by atoms with van der Waals surface area (Å²) in [6.07, 6.45) is 1.43. The molecule has 0 aromatic heterocycles. The van der Waals surface area contributed by atoms with Crippen molar-refractivity contribution in [2.24, 2.45) is 0 Å². The van der Waals surface area contributed by atoms with Crippen LogP contribution in [0.1, 0.15) is 31.9 Å². The van der Waals surface area contributed by atoms with Crippen LogP contribution in [0.15, 0.2) is 54.6 Å². The number of rotatable bonds is 8. The molecular formula is C20H26N2O4S. The van der Waals surface area contributed by atoms with E-state index in [1.165, 1.54) is 7.11 Å². The van der Waals surface area contributed by atoms with E-state index in [-0.39, 0.29) is 11.9 Å². The molecule has 2 atom stereocenters. The average molecular weight is 391 g/mol. The number of carbonyl (C=O) groups is 1. The summed E-state index contributed by atoms with van der Waals surface area (Å²) in [4.78, 5) is 12.9. The number of nitrogens with zero attached hydrogens (tertiary/aromatic N) is 1. The lowest BCUT2D eigenvalue weighted by Crippen LogP contribution is -2.49. The predicted molar refractivity (Wildman–Crippen MR) is 107 cm³/mol. The second-order valence-corrected chi connectivity index (χ2v) is 8.18. The Kier molecular flexibility index (Phi) is 6.85. The van der Waals surface area contributed by atoms with Crippen molar-refractivity contribution >= 4 is 21.6 Å². The monoisotopic (exact) mass is 390 g/mol. The first kappa shape index (κ1) is 20.8. The van der Waals surface area contributed by atoms with E-state index in [4.69, 9.17) is 4.74 Å². The molecule has 0 unspecified atom stereocenters. The first-order valence-corrected chi connectivity index (χ1v) is 10.6. The number of anilines is 1. The van der Waals surface area contributed by atoms with E-state index in [0.717, 1.165) is 16.1 Å². The van der Waals surface area contributed by atoms with Crippen LogP contribution in [0, 0.1) is 0 Å². The molecule has 0 fully saturated rings. The smallest absolute Gasteiger partial charge is 0.244 e. The van der Waals surface area contributed by atoms with Crippen LogP contribution >= 0.6 is 0 Å². The zero-order chi connectivity index (χ0) is 20.0. The molecule has 27 heavy (non-hydrogen) atoms. The van der Waals surface area contributed by atoms with E-state index in [2.05, 4.69) is 5.32 Å². The van der Waals surface area contributed by atoms with Crippen LogP contribution in [0.2, 0.25) is 0 Å². The highest BCUT2D eigenvalue weighted by atomic mass is 32.2. The van der Waals surface area contributed by atoms with E-state index in [9.17, 15) is 13.2 Å². The van der Waals surface area contributed by atoms with Crippen molar-refractivity contribution in [2.75, 3.05) is 17.7 Å². The average Bonchev–Trinajstić information content (AvgIpc) is 2.65. The molecule has 2 aromatic rings. The Morgan fingerprint density at radius 2 is 1.81 bits per heavy atom. The molecule has 0 spiro atoms. The fraction of sp³-hybridized carbons (Fsp3) is 0.350. The standard InChI is InChI=1S/C20H26N2O4S/c1-5-19(20(23)21-15(2)16-10-7-6-8-11-16)22(27(4,24)25)17-12-9-13-18(14-17)26-3/h6-15,19H,5H2,1-4H3,(H,21,23)/t15-,19-/m1/s1. The molecule has 0 saturated carbocycles. The van der Waals surface area contributed by atoms with Crippen molar-refractivity contribution in [3.05, 3.63) is 60.2 Å². The largest absolute Gasteiger partial charge is 0.497 e.